The van der Waals surface area contributed by atoms with E-state index in [1.807, 2.05) is 52.5 Å². The summed E-state index contributed by atoms with van der Waals surface area (Å²) in [7, 11) is 3.80. The van der Waals surface area contributed by atoms with Crippen LogP contribution >= 0.6 is 0 Å². The van der Waals surface area contributed by atoms with Crippen LogP contribution in [0.25, 0.3) is 5.76 Å². The second-order valence-corrected chi connectivity index (χ2v) is 20.0. The fourth-order valence-electron chi connectivity index (χ4n) is 3.46. The van der Waals surface area contributed by atoms with Gasteiger partial charge in [0.25, 0.3) is 0 Å². The van der Waals surface area contributed by atoms with Crippen molar-refractivity contribution in [1.82, 2.24) is 0 Å². The molecule has 0 bridgehead atoms. The van der Waals surface area contributed by atoms with Crippen molar-refractivity contribution in [2.45, 2.75) is 71.1 Å². The summed E-state index contributed by atoms with van der Waals surface area (Å²) < 4.78 is 35.7. The van der Waals surface area contributed by atoms with Gasteiger partial charge in [0.15, 0.2) is 22.4 Å². The van der Waals surface area contributed by atoms with Gasteiger partial charge in [0.2, 0.25) is 11.2 Å². The molecular weight excluding hydrogens is 485 g/mol. The maximum atomic E-state index is 13.6. The maximum Gasteiger partial charge on any atom is 0.379 e. The third-order valence-corrected chi connectivity index (χ3v) is 7.95. The number of hydrogen-bond acceptors (Lipinski definition) is 7. The first kappa shape index (κ1) is 30.4. The van der Waals surface area contributed by atoms with Gasteiger partial charge in [-0.3, -0.25) is 0 Å². The van der Waals surface area contributed by atoms with E-state index in [-0.39, 0.29) is 17.4 Å². The number of esters is 1. The lowest BCUT2D eigenvalue weighted by Crippen LogP contribution is -2.66. The molecule has 0 fully saturated rings. The Morgan fingerprint density at radius 3 is 1.85 bits per heavy atom. The van der Waals surface area contributed by atoms with Crippen LogP contribution in [0.2, 0.25) is 39.3 Å². The van der Waals surface area contributed by atoms with Crippen molar-refractivity contribution in [3.05, 3.63) is 35.6 Å². The second kappa shape index (κ2) is 11.4. The highest BCUT2D eigenvalue weighted by Gasteiger charge is 2.55. The standard InChI is InChI=1S/C24H41O7Si3/c1-17(2)23(3,30-33(7,8)9)24(32,31-34(10,11)12)29-22(25)21(28-6)20(27-5)18-15-13-14-16-19(18)26-4/h13-17H,1-12H3. The second-order valence-electron chi connectivity index (χ2n) is 10.5. The molecule has 0 aliphatic rings. The lowest BCUT2D eigenvalue weighted by atomic mass is 9.91. The van der Waals surface area contributed by atoms with Gasteiger partial charge in [-0.05, 0) is 64.3 Å². The average molecular weight is 526 g/mol. The van der Waals surface area contributed by atoms with E-state index in [0.29, 0.717) is 11.3 Å². The Kier molecular flexibility index (Phi) is 10.2. The lowest BCUT2D eigenvalue weighted by molar-refractivity contribution is -0.231. The lowest BCUT2D eigenvalue weighted by Gasteiger charge is -2.52. The highest BCUT2D eigenvalue weighted by Crippen LogP contribution is 2.40. The van der Waals surface area contributed by atoms with Crippen LogP contribution in [-0.2, 0) is 27.9 Å². The molecule has 191 valence electrons. The van der Waals surface area contributed by atoms with E-state index in [1.165, 1.54) is 14.2 Å². The number of methoxy groups -OCH3 is 3. The Labute approximate surface area is 210 Å². The molecule has 2 unspecified atom stereocenters. The molecule has 1 aromatic carbocycles. The van der Waals surface area contributed by atoms with E-state index in [9.17, 15) is 4.79 Å². The van der Waals surface area contributed by atoms with Crippen LogP contribution < -0.4 is 4.74 Å². The molecule has 1 aromatic rings. The van der Waals surface area contributed by atoms with Crippen molar-refractivity contribution in [2.75, 3.05) is 21.3 Å². The van der Waals surface area contributed by atoms with Crippen molar-refractivity contribution >= 4 is 38.6 Å². The van der Waals surface area contributed by atoms with Gasteiger partial charge in [-0.15, -0.1) is 0 Å². The Hall–Kier alpha value is -1.60. The number of para-hydroxylation sites is 1. The number of hydrogen-bond donors (Lipinski definition) is 0. The highest BCUT2D eigenvalue weighted by molar-refractivity contribution is 6.70. The van der Waals surface area contributed by atoms with Gasteiger partial charge >= 0.3 is 5.97 Å². The molecule has 0 spiro atoms. The highest BCUT2D eigenvalue weighted by atomic mass is 28.4. The zero-order chi connectivity index (χ0) is 26.5. The van der Waals surface area contributed by atoms with Crippen molar-refractivity contribution in [1.29, 1.82) is 0 Å². The molecule has 0 aliphatic carbocycles. The van der Waals surface area contributed by atoms with Crippen LogP contribution in [0.15, 0.2) is 30.0 Å². The number of rotatable bonds is 12. The number of carbonyl (C=O) groups excluding carboxylic acids is 1. The summed E-state index contributed by atoms with van der Waals surface area (Å²) in [4.78, 5) is 13.6. The molecule has 34 heavy (non-hydrogen) atoms. The Bertz CT molecular complexity index is 874. The Morgan fingerprint density at radius 1 is 0.912 bits per heavy atom. The summed E-state index contributed by atoms with van der Waals surface area (Å²) in [5.74, 6) is -0.229. The molecule has 0 saturated heterocycles. The molecule has 0 N–H and O–H groups in total. The summed E-state index contributed by atoms with van der Waals surface area (Å²) in [5.41, 5.74) is -2.02. The molecule has 0 heterocycles. The number of carbonyl (C=O) groups is 1. The molecule has 0 aliphatic heterocycles. The largest absolute Gasteiger partial charge is 0.496 e. The van der Waals surface area contributed by atoms with E-state index in [0.717, 1.165) is 0 Å². The minimum atomic E-state index is -2.25. The van der Waals surface area contributed by atoms with Crippen LogP contribution in [-0.4, -0.2) is 65.2 Å². The van der Waals surface area contributed by atoms with Crippen molar-refractivity contribution in [2.24, 2.45) is 5.92 Å². The Balaban J connectivity index is 3.68. The molecule has 0 saturated carbocycles. The zero-order valence-electron chi connectivity index (χ0n) is 22.7. The predicted octanol–water partition coefficient (Wildman–Crippen LogP) is 5.14. The van der Waals surface area contributed by atoms with E-state index >= 15 is 0 Å². The van der Waals surface area contributed by atoms with Crippen molar-refractivity contribution in [3.8, 4) is 5.75 Å². The average Bonchev–Trinajstić information content (AvgIpc) is 2.68. The van der Waals surface area contributed by atoms with Crippen molar-refractivity contribution < 1.29 is 32.6 Å². The van der Waals surface area contributed by atoms with Gasteiger partial charge < -0.3 is 27.8 Å². The third-order valence-electron chi connectivity index (χ3n) is 5.11. The van der Waals surface area contributed by atoms with Gasteiger partial charge in [0.1, 0.15) is 21.6 Å². The number of ether oxygens (including phenoxy) is 4. The van der Waals surface area contributed by atoms with Gasteiger partial charge in [0, 0.05) is 0 Å². The summed E-state index contributed by atoms with van der Waals surface area (Å²) >= 11 is 0. The van der Waals surface area contributed by atoms with E-state index in [2.05, 4.69) is 29.9 Å². The summed E-state index contributed by atoms with van der Waals surface area (Å²) in [6.45, 7) is 18.3. The minimum absolute atomic E-state index is 0.0630. The van der Waals surface area contributed by atoms with Crippen molar-refractivity contribution in [3.63, 3.8) is 0 Å². The maximum absolute atomic E-state index is 13.6. The third kappa shape index (κ3) is 7.45. The fraction of sp³-hybridized carbons (Fsp3) is 0.625. The molecule has 0 amide bonds. The topological polar surface area (TPSA) is 72.5 Å². The van der Waals surface area contributed by atoms with E-state index in [1.54, 1.807) is 19.2 Å². The first-order valence-electron chi connectivity index (χ1n) is 11.3. The summed E-state index contributed by atoms with van der Waals surface area (Å²) in [6.07, 6.45) is 0. The van der Waals surface area contributed by atoms with Crippen LogP contribution in [0.5, 0.6) is 5.75 Å². The molecule has 0 aromatic heterocycles. The minimum Gasteiger partial charge on any atom is -0.496 e. The normalized spacial score (nSPS) is 16.8. The van der Waals surface area contributed by atoms with Crippen LogP contribution in [0.4, 0.5) is 0 Å². The van der Waals surface area contributed by atoms with Crippen LogP contribution in [0.3, 0.4) is 0 Å². The SMILES string of the molecule is COC(C(=O)OC([Si])(O[Si](C)(C)C)C(C)(O[Si](C)(C)C)C(C)C)=C(OC)c1ccccc1OC. The molecule has 2 atom stereocenters. The zero-order valence-corrected chi connectivity index (χ0v) is 25.7. The van der Waals surface area contributed by atoms with Gasteiger partial charge in [-0.1, -0.05) is 26.0 Å². The predicted molar refractivity (Wildman–Crippen MR) is 141 cm³/mol. The van der Waals surface area contributed by atoms with E-state index < -0.39 is 33.6 Å². The van der Waals surface area contributed by atoms with Crippen LogP contribution in [0, 0.1) is 5.92 Å². The molecule has 10 heteroatoms. The summed E-state index contributed by atoms with van der Waals surface area (Å²) in [6, 6.07) is 7.19. The molecule has 7 nitrogen and oxygen atoms in total. The van der Waals surface area contributed by atoms with E-state index in [4.69, 9.17) is 27.8 Å². The quantitative estimate of drug-likeness (QED) is 0.123. The van der Waals surface area contributed by atoms with Crippen LogP contribution in [0.1, 0.15) is 26.3 Å². The first-order chi connectivity index (χ1) is 15.4. The Morgan fingerprint density at radius 2 is 1.44 bits per heavy atom. The monoisotopic (exact) mass is 525 g/mol. The first-order valence-corrected chi connectivity index (χ1v) is 18.6. The van der Waals surface area contributed by atoms with Gasteiger partial charge in [-0.25, -0.2) is 4.79 Å². The molecular formula is C24H41O7Si3. The number of benzene rings is 1. The molecule has 1 rings (SSSR count). The van der Waals surface area contributed by atoms with Gasteiger partial charge in [0.05, 0.1) is 26.9 Å². The van der Waals surface area contributed by atoms with Gasteiger partial charge in [-0.2, -0.15) is 0 Å². The molecule has 3 radical (unpaired) electrons. The fourth-order valence-corrected chi connectivity index (χ4v) is 7.66. The summed E-state index contributed by atoms with van der Waals surface area (Å²) in [5, 5.41) is 0. The smallest absolute Gasteiger partial charge is 0.379 e.